The van der Waals surface area contributed by atoms with Gasteiger partial charge in [0.15, 0.2) is 0 Å². The highest BCUT2D eigenvalue weighted by atomic mass is 16.2. The Hall–Kier alpha value is -2.09. The number of anilines is 1. The van der Waals surface area contributed by atoms with Crippen molar-refractivity contribution < 1.29 is 4.79 Å². The molecule has 0 saturated carbocycles. The van der Waals surface area contributed by atoms with Gasteiger partial charge in [0.05, 0.1) is 18.2 Å². The lowest BCUT2D eigenvalue weighted by atomic mass is 10.3. The quantitative estimate of drug-likeness (QED) is 0.796. The predicted octanol–water partition coefficient (Wildman–Crippen LogP) is 1.01. The fourth-order valence-electron chi connectivity index (χ4n) is 2.05. The minimum absolute atomic E-state index is 0.124. The lowest BCUT2D eigenvalue weighted by molar-refractivity contribution is -0.128. The molecule has 2 heterocycles. The zero-order valence-electron chi connectivity index (χ0n) is 10.5. The topological polar surface area (TPSA) is 60.2 Å². The molecule has 1 aromatic rings. The molecule has 0 bridgehead atoms. The van der Waals surface area contributed by atoms with E-state index in [1.165, 1.54) is 0 Å². The van der Waals surface area contributed by atoms with Gasteiger partial charge in [-0.3, -0.25) is 4.79 Å². The fraction of sp³-hybridized carbons (Fsp3) is 0.462. The number of hydrogen-bond acceptors (Lipinski definition) is 4. The number of nitriles is 1. The van der Waals surface area contributed by atoms with Gasteiger partial charge in [0, 0.05) is 26.3 Å². The summed E-state index contributed by atoms with van der Waals surface area (Å²) in [5, 5.41) is 8.83. The maximum Gasteiger partial charge on any atom is 0.242 e. The molecular formula is C13H16N4O. The van der Waals surface area contributed by atoms with Crippen LogP contribution in [0, 0.1) is 11.3 Å². The van der Waals surface area contributed by atoms with Crippen molar-refractivity contribution in [3.63, 3.8) is 0 Å². The molecule has 2 rings (SSSR count). The fourth-order valence-corrected chi connectivity index (χ4v) is 2.05. The highest BCUT2D eigenvalue weighted by Crippen LogP contribution is 2.12. The van der Waals surface area contributed by atoms with Crippen LogP contribution in [0.15, 0.2) is 18.3 Å². The molecule has 0 atom stereocenters. The molecule has 0 spiro atoms. The summed E-state index contributed by atoms with van der Waals surface area (Å²) in [7, 11) is 1.82. The second-order valence-corrected chi connectivity index (χ2v) is 4.46. The lowest BCUT2D eigenvalue weighted by Gasteiger charge is -2.22. The molecule has 18 heavy (non-hydrogen) atoms. The largest absolute Gasteiger partial charge is 0.350 e. The van der Waals surface area contributed by atoms with Crippen LogP contribution in [0.25, 0.3) is 0 Å². The summed E-state index contributed by atoms with van der Waals surface area (Å²) in [5.74, 6) is 0.778. The van der Waals surface area contributed by atoms with E-state index in [1.807, 2.05) is 11.9 Å². The third-order valence-electron chi connectivity index (χ3n) is 3.10. The van der Waals surface area contributed by atoms with Gasteiger partial charge in [-0.2, -0.15) is 5.26 Å². The molecule has 0 N–H and O–H groups in total. The smallest absolute Gasteiger partial charge is 0.242 e. The number of aromatic nitrogens is 1. The van der Waals surface area contributed by atoms with Crippen molar-refractivity contribution >= 4 is 11.7 Å². The molecule has 0 aromatic carbocycles. The van der Waals surface area contributed by atoms with Gasteiger partial charge >= 0.3 is 0 Å². The Morgan fingerprint density at radius 1 is 1.56 bits per heavy atom. The molecule has 1 amide bonds. The minimum Gasteiger partial charge on any atom is -0.350 e. The second kappa shape index (κ2) is 5.50. The van der Waals surface area contributed by atoms with E-state index in [9.17, 15) is 4.79 Å². The van der Waals surface area contributed by atoms with Crippen LogP contribution in [0.3, 0.4) is 0 Å². The number of likely N-dealkylation sites (N-methyl/N-ethyl adjacent to an activating group) is 1. The van der Waals surface area contributed by atoms with Crippen LogP contribution in [0.1, 0.15) is 18.4 Å². The number of likely N-dealkylation sites (tertiary alicyclic amines) is 1. The number of hydrogen-bond donors (Lipinski definition) is 0. The first-order valence-electron chi connectivity index (χ1n) is 6.06. The van der Waals surface area contributed by atoms with Crippen molar-refractivity contribution in [2.75, 3.05) is 31.6 Å². The van der Waals surface area contributed by atoms with E-state index in [-0.39, 0.29) is 5.91 Å². The maximum atomic E-state index is 12.0. The highest BCUT2D eigenvalue weighted by molar-refractivity contribution is 5.81. The van der Waals surface area contributed by atoms with Crippen LogP contribution in [0.5, 0.6) is 0 Å². The molecule has 1 aliphatic heterocycles. The molecule has 1 aromatic heterocycles. The normalized spacial score (nSPS) is 14.3. The number of carbonyl (C=O) groups is 1. The van der Waals surface area contributed by atoms with Gasteiger partial charge in [0.2, 0.25) is 5.91 Å². The summed E-state index contributed by atoms with van der Waals surface area (Å²) in [6.45, 7) is 2.03. The average molecular weight is 244 g/mol. The average Bonchev–Trinajstić information content (AvgIpc) is 2.92. The van der Waals surface area contributed by atoms with Crippen molar-refractivity contribution in [2.45, 2.75) is 12.8 Å². The zero-order valence-corrected chi connectivity index (χ0v) is 10.5. The van der Waals surface area contributed by atoms with Gasteiger partial charge in [-0.05, 0) is 25.0 Å². The first-order valence-corrected chi connectivity index (χ1v) is 6.06. The Bertz CT molecular complexity index is 474. The number of rotatable bonds is 3. The van der Waals surface area contributed by atoms with Gasteiger partial charge in [-0.25, -0.2) is 4.98 Å². The van der Waals surface area contributed by atoms with Crippen molar-refractivity contribution in [2.24, 2.45) is 0 Å². The summed E-state index contributed by atoms with van der Waals surface area (Å²) in [5.41, 5.74) is 0.556. The van der Waals surface area contributed by atoms with Crippen molar-refractivity contribution in [1.82, 2.24) is 9.88 Å². The van der Waals surface area contributed by atoms with Crippen LogP contribution in [-0.2, 0) is 4.79 Å². The van der Waals surface area contributed by atoms with Crippen LogP contribution in [0.2, 0.25) is 0 Å². The van der Waals surface area contributed by atoms with Crippen molar-refractivity contribution in [3.05, 3.63) is 23.9 Å². The molecule has 0 radical (unpaired) electrons. The maximum absolute atomic E-state index is 12.0. The van der Waals surface area contributed by atoms with E-state index < -0.39 is 0 Å². The van der Waals surface area contributed by atoms with E-state index in [0.29, 0.717) is 17.9 Å². The number of nitrogens with zero attached hydrogens (tertiary/aromatic N) is 4. The van der Waals surface area contributed by atoms with Gasteiger partial charge in [0.1, 0.15) is 5.82 Å². The van der Waals surface area contributed by atoms with Crippen molar-refractivity contribution in [3.8, 4) is 6.07 Å². The molecule has 1 saturated heterocycles. The molecule has 0 aliphatic carbocycles. The van der Waals surface area contributed by atoms with Gasteiger partial charge in [-0.1, -0.05) is 0 Å². The predicted molar refractivity (Wildman–Crippen MR) is 68.0 cm³/mol. The lowest BCUT2D eigenvalue weighted by Crippen LogP contribution is -2.37. The van der Waals surface area contributed by atoms with E-state index in [1.54, 1.807) is 23.2 Å². The van der Waals surface area contributed by atoms with Crippen LogP contribution >= 0.6 is 0 Å². The first kappa shape index (κ1) is 12.4. The van der Waals surface area contributed by atoms with Gasteiger partial charge < -0.3 is 9.80 Å². The standard InChI is InChI=1S/C13H16N4O/c1-16(10-13(18)17-6-2-3-7-17)12-8-11(9-14)4-5-15-12/h4-5,8H,2-3,6-7,10H2,1H3. The highest BCUT2D eigenvalue weighted by Gasteiger charge is 2.19. The molecule has 5 nitrogen and oxygen atoms in total. The second-order valence-electron chi connectivity index (χ2n) is 4.46. The number of amides is 1. The molecule has 94 valence electrons. The molecule has 1 aliphatic rings. The van der Waals surface area contributed by atoms with Crippen molar-refractivity contribution in [1.29, 1.82) is 5.26 Å². The minimum atomic E-state index is 0.124. The number of pyridine rings is 1. The Labute approximate surface area is 107 Å². The zero-order chi connectivity index (χ0) is 13.0. The number of carbonyl (C=O) groups excluding carboxylic acids is 1. The monoisotopic (exact) mass is 244 g/mol. The Morgan fingerprint density at radius 2 is 2.28 bits per heavy atom. The first-order chi connectivity index (χ1) is 8.70. The molecule has 0 unspecified atom stereocenters. The van der Waals surface area contributed by atoms with Crippen LogP contribution < -0.4 is 4.90 Å². The molecule has 1 fully saturated rings. The summed E-state index contributed by atoms with van der Waals surface area (Å²) in [4.78, 5) is 19.8. The summed E-state index contributed by atoms with van der Waals surface area (Å²) >= 11 is 0. The van der Waals surface area contributed by atoms with E-state index in [0.717, 1.165) is 25.9 Å². The van der Waals surface area contributed by atoms with E-state index in [2.05, 4.69) is 11.1 Å². The molecule has 5 heteroatoms. The molecular weight excluding hydrogens is 228 g/mol. The Balaban J connectivity index is 2.00. The van der Waals surface area contributed by atoms with E-state index in [4.69, 9.17) is 5.26 Å². The van der Waals surface area contributed by atoms with Gasteiger partial charge in [0.25, 0.3) is 0 Å². The van der Waals surface area contributed by atoms with Crippen LogP contribution in [0.4, 0.5) is 5.82 Å². The Kier molecular flexibility index (Phi) is 3.78. The SMILES string of the molecule is CN(CC(=O)N1CCCC1)c1cc(C#N)ccn1. The summed E-state index contributed by atoms with van der Waals surface area (Å²) in [6.07, 6.45) is 3.78. The van der Waals surface area contributed by atoms with Crippen LogP contribution in [-0.4, -0.2) is 42.5 Å². The summed E-state index contributed by atoms with van der Waals surface area (Å²) < 4.78 is 0. The van der Waals surface area contributed by atoms with E-state index >= 15 is 0 Å². The third-order valence-corrected chi connectivity index (χ3v) is 3.10. The van der Waals surface area contributed by atoms with Gasteiger partial charge in [-0.15, -0.1) is 0 Å². The third kappa shape index (κ3) is 2.77. The summed E-state index contributed by atoms with van der Waals surface area (Å²) in [6, 6.07) is 5.41. The Morgan fingerprint density at radius 3 is 2.94 bits per heavy atom.